The van der Waals surface area contributed by atoms with Crippen molar-refractivity contribution in [3.05, 3.63) is 23.3 Å². The van der Waals surface area contributed by atoms with Crippen LogP contribution in [-0.2, 0) is 4.79 Å². The van der Waals surface area contributed by atoms with Crippen LogP contribution in [0, 0.1) is 0 Å². The van der Waals surface area contributed by atoms with Crippen molar-refractivity contribution in [3.8, 4) is 5.75 Å². The lowest BCUT2D eigenvalue weighted by Gasteiger charge is -2.18. The van der Waals surface area contributed by atoms with Crippen molar-refractivity contribution in [2.75, 3.05) is 5.32 Å². The number of aromatic hydroxyl groups is 1. The smallest absolute Gasteiger partial charge is 0.224 e. The molecule has 0 radical (unpaired) electrons. The van der Waals surface area contributed by atoms with Gasteiger partial charge in [-0.3, -0.25) is 4.79 Å². The van der Waals surface area contributed by atoms with Crippen LogP contribution >= 0.6 is 0 Å². The van der Waals surface area contributed by atoms with Gasteiger partial charge in [0.2, 0.25) is 5.91 Å². The van der Waals surface area contributed by atoms with Gasteiger partial charge in [-0.15, -0.1) is 0 Å². The third kappa shape index (κ3) is 13.1. The standard InChI is InChI=1S/C30H53NO2/c1-6-7-8-9-10-11-12-13-14-15-16-17-18-19-20-21-29(32)31-26-22-27(24(2)3)30(33)28(23-26)25(4)5/h22-25,33H,6-21H2,1-5H3,(H,31,32). The van der Waals surface area contributed by atoms with Crippen LogP contribution < -0.4 is 5.32 Å². The summed E-state index contributed by atoms with van der Waals surface area (Å²) in [5.74, 6) is 0.894. The minimum atomic E-state index is 0.0831. The number of hydrogen-bond donors (Lipinski definition) is 2. The predicted octanol–water partition coefficient (Wildman–Crippen LogP) is 9.84. The molecule has 0 aliphatic carbocycles. The van der Waals surface area contributed by atoms with Crippen LogP contribution in [0.3, 0.4) is 0 Å². The van der Waals surface area contributed by atoms with E-state index in [-0.39, 0.29) is 17.7 Å². The highest BCUT2D eigenvalue weighted by Crippen LogP contribution is 2.36. The highest BCUT2D eigenvalue weighted by atomic mass is 16.3. The maximum absolute atomic E-state index is 12.4. The quantitative estimate of drug-likeness (QED) is 0.160. The Morgan fingerprint density at radius 1 is 0.697 bits per heavy atom. The zero-order chi connectivity index (χ0) is 24.5. The molecule has 0 fully saturated rings. The van der Waals surface area contributed by atoms with Crippen molar-refractivity contribution in [2.45, 2.75) is 149 Å². The molecule has 2 N–H and O–H groups in total. The molecule has 3 heteroatoms. The topological polar surface area (TPSA) is 49.3 Å². The first kappa shape index (κ1) is 29.5. The summed E-state index contributed by atoms with van der Waals surface area (Å²) in [5.41, 5.74) is 2.62. The van der Waals surface area contributed by atoms with E-state index in [1.165, 1.54) is 83.5 Å². The summed E-state index contributed by atoms with van der Waals surface area (Å²) in [7, 11) is 0. The van der Waals surface area contributed by atoms with E-state index in [9.17, 15) is 9.90 Å². The molecule has 0 aliphatic heterocycles. The lowest BCUT2D eigenvalue weighted by Crippen LogP contribution is -2.12. The molecule has 0 heterocycles. The summed E-state index contributed by atoms with van der Waals surface area (Å²) >= 11 is 0. The van der Waals surface area contributed by atoms with Gasteiger partial charge in [-0.1, -0.05) is 125 Å². The third-order valence-corrected chi connectivity index (χ3v) is 6.70. The number of benzene rings is 1. The fourth-order valence-corrected chi connectivity index (χ4v) is 4.51. The van der Waals surface area contributed by atoms with Crippen LogP contribution in [0.1, 0.15) is 160 Å². The molecule has 0 aromatic heterocycles. The second-order valence-corrected chi connectivity index (χ2v) is 10.6. The van der Waals surface area contributed by atoms with Crippen molar-refractivity contribution in [3.63, 3.8) is 0 Å². The molecule has 0 bridgehead atoms. The van der Waals surface area contributed by atoms with E-state index >= 15 is 0 Å². The van der Waals surface area contributed by atoms with Gasteiger partial charge in [0.25, 0.3) is 0 Å². The number of phenolic OH excluding ortho intramolecular Hbond substituents is 1. The van der Waals surface area contributed by atoms with E-state index in [1.54, 1.807) is 0 Å². The number of carbonyl (C=O) groups excluding carboxylic acids is 1. The molecule has 1 rings (SSSR count). The van der Waals surface area contributed by atoms with Crippen LogP contribution in [0.2, 0.25) is 0 Å². The Kier molecular flexibility index (Phi) is 16.0. The lowest BCUT2D eigenvalue weighted by molar-refractivity contribution is -0.116. The van der Waals surface area contributed by atoms with Gasteiger partial charge in [0.1, 0.15) is 5.75 Å². The number of nitrogens with one attached hydrogen (secondary N) is 1. The first-order chi connectivity index (χ1) is 15.9. The Labute approximate surface area is 205 Å². The highest BCUT2D eigenvalue weighted by molar-refractivity contribution is 5.91. The average Bonchev–Trinajstić information content (AvgIpc) is 2.77. The molecular formula is C30H53NO2. The molecule has 0 saturated carbocycles. The largest absolute Gasteiger partial charge is 0.507 e. The van der Waals surface area contributed by atoms with Crippen molar-refractivity contribution in [2.24, 2.45) is 0 Å². The number of unbranched alkanes of at least 4 members (excludes halogenated alkanes) is 14. The van der Waals surface area contributed by atoms with Crippen LogP contribution in [0.25, 0.3) is 0 Å². The number of anilines is 1. The zero-order valence-corrected chi connectivity index (χ0v) is 22.5. The second kappa shape index (κ2) is 17.9. The van der Waals surface area contributed by atoms with Crippen LogP contribution in [0.5, 0.6) is 5.75 Å². The molecule has 0 aliphatic rings. The van der Waals surface area contributed by atoms with Gasteiger partial charge >= 0.3 is 0 Å². The summed E-state index contributed by atoms with van der Waals surface area (Å²) in [6.07, 6.45) is 20.6. The Balaban J connectivity index is 2.12. The maximum Gasteiger partial charge on any atom is 0.224 e. The fraction of sp³-hybridized carbons (Fsp3) is 0.767. The number of amides is 1. The monoisotopic (exact) mass is 459 g/mol. The highest BCUT2D eigenvalue weighted by Gasteiger charge is 2.16. The van der Waals surface area contributed by atoms with Crippen LogP contribution in [-0.4, -0.2) is 11.0 Å². The molecule has 33 heavy (non-hydrogen) atoms. The van der Waals surface area contributed by atoms with E-state index in [0.717, 1.165) is 29.7 Å². The lowest BCUT2D eigenvalue weighted by atomic mass is 9.93. The minimum absolute atomic E-state index is 0.0831. The molecule has 1 aromatic carbocycles. The Hall–Kier alpha value is -1.51. The number of carbonyl (C=O) groups is 1. The number of hydrogen-bond acceptors (Lipinski definition) is 2. The van der Waals surface area contributed by atoms with Gasteiger partial charge in [-0.25, -0.2) is 0 Å². The first-order valence-electron chi connectivity index (χ1n) is 14.0. The van der Waals surface area contributed by atoms with E-state index < -0.39 is 0 Å². The molecule has 3 nitrogen and oxygen atoms in total. The van der Waals surface area contributed by atoms with Crippen LogP contribution in [0.15, 0.2) is 12.1 Å². The molecule has 190 valence electrons. The first-order valence-corrected chi connectivity index (χ1v) is 14.0. The van der Waals surface area contributed by atoms with Crippen molar-refractivity contribution in [1.29, 1.82) is 0 Å². The molecule has 0 unspecified atom stereocenters. The average molecular weight is 460 g/mol. The van der Waals surface area contributed by atoms with Gasteiger partial charge in [0, 0.05) is 12.1 Å². The summed E-state index contributed by atoms with van der Waals surface area (Å²) in [6.45, 7) is 10.6. The Bertz CT molecular complexity index is 622. The molecular weight excluding hydrogens is 406 g/mol. The normalized spacial score (nSPS) is 11.5. The summed E-state index contributed by atoms with van der Waals surface area (Å²) < 4.78 is 0. The number of rotatable bonds is 19. The third-order valence-electron chi connectivity index (χ3n) is 6.70. The maximum atomic E-state index is 12.4. The summed E-state index contributed by atoms with van der Waals surface area (Å²) in [6, 6.07) is 3.85. The Morgan fingerprint density at radius 2 is 1.06 bits per heavy atom. The van der Waals surface area contributed by atoms with E-state index in [2.05, 4.69) is 39.9 Å². The van der Waals surface area contributed by atoms with Gasteiger partial charge in [-0.05, 0) is 41.5 Å². The fourth-order valence-electron chi connectivity index (χ4n) is 4.51. The van der Waals surface area contributed by atoms with Crippen molar-refractivity contribution >= 4 is 11.6 Å². The van der Waals surface area contributed by atoms with E-state index in [0.29, 0.717) is 12.2 Å². The minimum Gasteiger partial charge on any atom is -0.507 e. The summed E-state index contributed by atoms with van der Waals surface area (Å²) in [4.78, 5) is 12.4. The van der Waals surface area contributed by atoms with Gasteiger partial charge < -0.3 is 10.4 Å². The van der Waals surface area contributed by atoms with E-state index in [1.807, 2.05) is 12.1 Å². The Morgan fingerprint density at radius 3 is 1.42 bits per heavy atom. The zero-order valence-electron chi connectivity index (χ0n) is 22.5. The molecule has 1 amide bonds. The SMILES string of the molecule is CCCCCCCCCCCCCCCCCC(=O)Nc1cc(C(C)C)c(O)c(C(C)C)c1. The second-order valence-electron chi connectivity index (χ2n) is 10.6. The number of phenols is 1. The summed E-state index contributed by atoms with van der Waals surface area (Å²) in [5, 5.41) is 13.6. The molecule has 0 atom stereocenters. The van der Waals surface area contributed by atoms with Gasteiger partial charge in [0.15, 0.2) is 0 Å². The van der Waals surface area contributed by atoms with Crippen molar-refractivity contribution < 1.29 is 9.90 Å². The predicted molar refractivity (Wildman–Crippen MR) is 144 cm³/mol. The van der Waals surface area contributed by atoms with Crippen molar-refractivity contribution in [1.82, 2.24) is 0 Å². The molecule has 0 spiro atoms. The van der Waals surface area contributed by atoms with Crippen LogP contribution in [0.4, 0.5) is 5.69 Å². The van der Waals surface area contributed by atoms with Gasteiger partial charge in [0.05, 0.1) is 0 Å². The van der Waals surface area contributed by atoms with E-state index in [4.69, 9.17) is 0 Å². The molecule has 0 saturated heterocycles. The molecule has 1 aromatic rings. The van der Waals surface area contributed by atoms with Gasteiger partial charge in [-0.2, -0.15) is 0 Å².